The molecule has 13 nitrogen and oxygen atoms in total. The first kappa shape index (κ1) is 21.3. The molecule has 4 rings (SSSR count). The standard InChI is InChI=1S/C18H19N7O6S/c1-23-5-6-24(18(23)30)10-4-3-9-12(15(27)25(9)13(10)16(28)29)21-14(26)11(22-31-2)8-7-32-17(19)20-8/h5-7,9,12H,3-4H2,1-2H3,(H2,19,20)(H,21,26)(H,28,29). The van der Waals surface area contributed by atoms with E-state index in [0.717, 1.165) is 16.2 Å². The van der Waals surface area contributed by atoms with E-state index in [9.17, 15) is 24.6 Å². The zero-order valence-electron chi connectivity index (χ0n) is 17.0. The number of carboxylic acids is 1. The topological polar surface area (TPSA) is 180 Å². The molecule has 2 atom stereocenters. The van der Waals surface area contributed by atoms with Crippen LogP contribution in [0.15, 0.2) is 28.6 Å². The van der Waals surface area contributed by atoms with Crippen LogP contribution in [-0.2, 0) is 26.3 Å². The summed E-state index contributed by atoms with van der Waals surface area (Å²) in [5.74, 6) is -2.64. The number of rotatable bonds is 6. The minimum absolute atomic E-state index is 0.159. The molecule has 1 fully saturated rings. The summed E-state index contributed by atoms with van der Waals surface area (Å²) in [5.41, 5.74) is 5.59. The van der Waals surface area contributed by atoms with Gasteiger partial charge in [0, 0.05) is 18.8 Å². The van der Waals surface area contributed by atoms with Crippen LogP contribution in [-0.4, -0.2) is 66.8 Å². The van der Waals surface area contributed by atoms with Gasteiger partial charge in [0.05, 0.1) is 6.04 Å². The Balaban J connectivity index is 1.59. The Hall–Kier alpha value is -3.94. The van der Waals surface area contributed by atoms with E-state index in [-0.39, 0.29) is 34.4 Å². The normalized spacial score (nSPS) is 20.6. The second-order valence-electron chi connectivity index (χ2n) is 7.12. The Labute approximate surface area is 185 Å². The first-order valence-electron chi connectivity index (χ1n) is 9.41. The molecule has 168 valence electrons. The maximum Gasteiger partial charge on any atom is 0.364 e. The predicted molar refractivity (Wildman–Crippen MR) is 110 cm³/mol. The lowest BCUT2D eigenvalue weighted by molar-refractivity contribution is -0.287. The van der Waals surface area contributed by atoms with Gasteiger partial charge in [-0.2, -0.15) is 4.57 Å². The van der Waals surface area contributed by atoms with Crippen LogP contribution in [0.3, 0.4) is 0 Å². The molecule has 4 heterocycles. The van der Waals surface area contributed by atoms with Crippen molar-refractivity contribution in [2.45, 2.75) is 24.9 Å². The van der Waals surface area contributed by atoms with Gasteiger partial charge in [0.15, 0.2) is 16.5 Å². The van der Waals surface area contributed by atoms with Crippen LogP contribution in [0.2, 0.25) is 0 Å². The number of β-lactam (4-membered cyclic amide) rings is 1. The molecule has 0 saturated carbocycles. The number of nitrogens with zero attached hydrogens (tertiary/aromatic N) is 5. The number of carboxylic acid groups (broad SMARTS) is 1. The lowest BCUT2D eigenvalue weighted by Crippen LogP contribution is -2.72. The van der Waals surface area contributed by atoms with Crippen molar-refractivity contribution >= 4 is 45.7 Å². The molecule has 0 aromatic carbocycles. The van der Waals surface area contributed by atoms with E-state index >= 15 is 0 Å². The van der Waals surface area contributed by atoms with E-state index in [1.807, 2.05) is 0 Å². The number of carbonyl (C=O) groups excluding carboxylic acids is 2. The smallest absolute Gasteiger partial charge is 0.364 e. The first-order valence-corrected chi connectivity index (χ1v) is 10.3. The number of aromatic nitrogens is 3. The van der Waals surface area contributed by atoms with E-state index in [4.69, 9.17) is 10.6 Å². The van der Waals surface area contributed by atoms with Gasteiger partial charge < -0.3 is 26.1 Å². The van der Waals surface area contributed by atoms with Crippen molar-refractivity contribution in [1.82, 2.24) is 24.3 Å². The van der Waals surface area contributed by atoms with Gasteiger partial charge in [0.1, 0.15) is 42.9 Å². The molecular weight excluding hydrogens is 442 g/mol. The van der Waals surface area contributed by atoms with Crippen LogP contribution < -0.4 is 16.2 Å². The quantitative estimate of drug-likeness (QED) is 0.212. The Morgan fingerprint density at radius 2 is 2.22 bits per heavy atom. The van der Waals surface area contributed by atoms with E-state index < -0.39 is 35.9 Å². The van der Waals surface area contributed by atoms with Gasteiger partial charge in [-0.25, -0.2) is 9.78 Å². The number of nitrogens with two attached hydrogens (primary N) is 1. The molecule has 2 aromatic heterocycles. The zero-order chi connectivity index (χ0) is 23.2. The molecule has 0 aliphatic carbocycles. The van der Waals surface area contributed by atoms with E-state index in [1.54, 1.807) is 7.05 Å². The highest BCUT2D eigenvalue weighted by molar-refractivity contribution is 7.13. The number of nitrogen functional groups attached to an aromatic ring is 1. The molecule has 4 N–H and O–H groups in total. The zero-order valence-corrected chi connectivity index (χ0v) is 17.8. The number of imidazole rings is 1. The number of oxime groups is 1. The molecule has 0 bridgehead atoms. The van der Waals surface area contributed by atoms with Crippen molar-refractivity contribution in [3.05, 3.63) is 29.2 Å². The molecule has 2 aliphatic rings. The molecule has 1 saturated heterocycles. The molecule has 32 heavy (non-hydrogen) atoms. The highest BCUT2D eigenvalue weighted by Crippen LogP contribution is 2.39. The van der Waals surface area contributed by atoms with Crippen LogP contribution in [0.1, 0.15) is 18.5 Å². The van der Waals surface area contributed by atoms with Crippen LogP contribution in [0, 0.1) is 0 Å². The highest BCUT2D eigenvalue weighted by Gasteiger charge is 2.55. The average Bonchev–Trinajstić information content (AvgIpc) is 3.34. The molecule has 14 heteroatoms. The fourth-order valence-corrected chi connectivity index (χ4v) is 4.40. The second-order valence-corrected chi connectivity index (χ2v) is 8.01. The van der Waals surface area contributed by atoms with Gasteiger partial charge in [0.25, 0.3) is 11.8 Å². The molecule has 2 unspecified atom stereocenters. The molecule has 2 aliphatic heterocycles. The fourth-order valence-electron chi connectivity index (χ4n) is 3.85. The number of nitrogens with one attached hydrogen (secondary N) is 1. The van der Waals surface area contributed by atoms with Crippen LogP contribution in [0.25, 0.3) is 5.70 Å². The maximum absolute atomic E-state index is 12.9. The summed E-state index contributed by atoms with van der Waals surface area (Å²) in [5, 5.41) is 30.1. The Morgan fingerprint density at radius 3 is 2.78 bits per heavy atom. The Kier molecular flexibility index (Phi) is 5.30. The van der Waals surface area contributed by atoms with Gasteiger partial charge in [0.2, 0.25) is 0 Å². The van der Waals surface area contributed by atoms with Gasteiger partial charge in [-0.05, 0) is 6.42 Å². The number of hydrogen-bond acceptors (Lipinski definition) is 9. The number of allylic oxidation sites excluding steroid dienone is 1. The third-order valence-electron chi connectivity index (χ3n) is 5.30. The highest BCUT2D eigenvalue weighted by atomic mass is 32.1. The second kappa shape index (κ2) is 7.96. The largest absolute Gasteiger partial charge is 0.802 e. The summed E-state index contributed by atoms with van der Waals surface area (Å²) in [6.45, 7) is 0. The number of thiazole rings is 1. The summed E-state index contributed by atoms with van der Waals surface area (Å²) in [7, 11) is 2.80. The third-order valence-corrected chi connectivity index (χ3v) is 5.97. The first-order chi connectivity index (χ1) is 15.2. The molecule has 0 radical (unpaired) electrons. The van der Waals surface area contributed by atoms with Crippen LogP contribution in [0.5, 0.6) is 6.01 Å². The summed E-state index contributed by atoms with van der Waals surface area (Å²) in [6.07, 6.45) is 3.54. The molecule has 2 aromatic rings. The van der Waals surface area contributed by atoms with Crippen molar-refractivity contribution in [3.63, 3.8) is 0 Å². The number of carbonyl (C=O) groups is 3. The fraction of sp³-hybridized carbons (Fsp3) is 0.333. The Morgan fingerprint density at radius 1 is 1.47 bits per heavy atom. The molecule has 2 amide bonds. The van der Waals surface area contributed by atoms with Crippen molar-refractivity contribution in [2.75, 3.05) is 12.8 Å². The van der Waals surface area contributed by atoms with Crippen molar-refractivity contribution < 1.29 is 29.4 Å². The van der Waals surface area contributed by atoms with Gasteiger partial charge >= 0.3 is 5.97 Å². The van der Waals surface area contributed by atoms with E-state index in [0.29, 0.717) is 6.42 Å². The summed E-state index contributed by atoms with van der Waals surface area (Å²) in [4.78, 5) is 47.4. The number of fused-ring (bicyclic) bond motifs is 1. The lowest BCUT2D eigenvalue weighted by Gasteiger charge is -2.49. The number of hydrogen-bond donors (Lipinski definition) is 3. The van der Waals surface area contributed by atoms with Crippen molar-refractivity contribution in [2.24, 2.45) is 12.2 Å². The number of anilines is 1. The van der Waals surface area contributed by atoms with Gasteiger partial charge in [-0.3, -0.25) is 19.1 Å². The van der Waals surface area contributed by atoms with E-state index in [2.05, 4.69) is 15.5 Å². The van der Waals surface area contributed by atoms with Gasteiger partial charge in [-0.15, -0.1) is 11.3 Å². The summed E-state index contributed by atoms with van der Waals surface area (Å²) < 4.78 is 2.52. The summed E-state index contributed by atoms with van der Waals surface area (Å²) >= 11 is 1.11. The number of aryl methyl sites for hydroxylation is 1. The average molecular weight is 461 g/mol. The van der Waals surface area contributed by atoms with Crippen LogP contribution >= 0.6 is 11.3 Å². The Bertz CT molecular complexity index is 1180. The van der Waals surface area contributed by atoms with E-state index in [1.165, 1.54) is 34.0 Å². The van der Waals surface area contributed by atoms with Gasteiger partial charge in [-0.1, -0.05) is 5.16 Å². The number of amides is 2. The van der Waals surface area contributed by atoms with Crippen molar-refractivity contribution in [1.29, 1.82) is 0 Å². The van der Waals surface area contributed by atoms with Crippen molar-refractivity contribution in [3.8, 4) is 6.01 Å². The lowest BCUT2D eigenvalue weighted by atomic mass is 9.85. The number of aliphatic carboxylic acids is 1. The van der Waals surface area contributed by atoms with Crippen LogP contribution in [0.4, 0.5) is 5.13 Å². The molecular formula is C18H19N7O6S. The minimum Gasteiger partial charge on any atom is -0.802 e. The maximum atomic E-state index is 12.9. The SMILES string of the molecule is CON=C(C(=O)NC1C(=O)N2C(C(=O)O)=C(n3ccn(C)[c+]3[O-])CCC12)c1csc(N)n1. The monoisotopic (exact) mass is 461 g/mol. The predicted octanol–water partition coefficient (Wildman–Crippen LogP) is -0.987. The molecule has 0 spiro atoms. The summed E-state index contributed by atoms with van der Waals surface area (Å²) in [6, 6.07) is -1.95. The third kappa shape index (κ3) is 3.33. The minimum atomic E-state index is -1.34.